The molecule has 20 heavy (non-hydrogen) atoms. The number of H-pyrrole nitrogens is 1. The van der Waals surface area contributed by atoms with Gasteiger partial charge in [-0.3, -0.25) is 4.98 Å². The highest BCUT2D eigenvalue weighted by Gasteiger charge is 2.31. The number of nitrogens with two attached hydrogens (primary N) is 1. The van der Waals surface area contributed by atoms with E-state index in [0.717, 1.165) is 12.0 Å². The van der Waals surface area contributed by atoms with Crippen molar-refractivity contribution in [3.8, 4) is 0 Å². The molecule has 1 heterocycles. The van der Waals surface area contributed by atoms with E-state index in [1.165, 1.54) is 11.1 Å². The maximum Gasteiger partial charge on any atom is 0.417 e. The van der Waals surface area contributed by atoms with E-state index in [1.807, 2.05) is 24.3 Å². The average molecular weight is 266 g/mol. The number of hydrogen-bond acceptors (Lipinski definition) is 3. The van der Waals surface area contributed by atoms with Gasteiger partial charge >= 0.3 is 5.76 Å². The maximum absolute atomic E-state index is 11.2. The quantitative estimate of drug-likeness (QED) is 0.748. The zero-order chi connectivity index (χ0) is 13.7. The van der Waals surface area contributed by atoms with Crippen LogP contribution in [-0.4, -0.2) is 4.98 Å². The van der Waals surface area contributed by atoms with Gasteiger partial charge in [-0.05, 0) is 35.2 Å². The molecule has 100 valence electrons. The summed E-state index contributed by atoms with van der Waals surface area (Å²) in [4.78, 5) is 13.8. The van der Waals surface area contributed by atoms with E-state index in [2.05, 4.69) is 23.2 Å². The van der Waals surface area contributed by atoms with Crippen molar-refractivity contribution in [1.82, 2.24) is 4.98 Å². The molecule has 0 saturated carbocycles. The van der Waals surface area contributed by atoms with E-state index >= 15 is 0 Å². The minimum atomic E-state index is -0.431. The summed E-state index contributed by atoms with van der Waals surface area (Å²) in [6.45, 7) is 0. The molecule has 2 aromatic carbocycles. The van der Waals surface area contributed by atoms with Crippen molar-refractivity contribution in [2.45, 2.75) is 18.4 Å². The molecule has 0 spiro atoms. The standard InChI is InChI=1S/C16H14N2O2/c17-15(12-7-9-3-1-2-4-11(9)12)10-5-6-13-14(8-10)20-16(19)18-13/h1-6,8,12,15H,7,17H2,(H,18,19). The van der Waals surface area contributed by atoms with Gasteiger partial charge in [0.05, 0.1) is 5.52 Å². The van der Waals surface area contributed by atoms with Crippen LogP contribution in [0.15, 0.2) is 51.7 Å². The van der Waals surface area contributed by atoms with Crippen molar-refractivity contribution in [3.63, 3.8) is 0 Å². The number of oxazole rings is 1. The number of rotatable bonds is 2. The fourth-order valence-corrected chi connectivity index (χ4v) is 3.02. The predicted molar refractivity (Wildman–Crippen MR) is 76.7 cm³/mol. The molecule has 0 bridgehead atoms. The molecule has 1 aliphatic rings. The van der Waals surface area contributed by atoms with E-state index in [0.29, 0.717) is 17.0 Å². The summed E-state index contributed by atoms with van der Waals surface area (Å²) in [7, 11) is 0. The third-order valence-corrected chi connectivity index (χ3v) is 4.16. The molecule has 4 nitrogen and oxygen atoms in total. The fourth-order valence-electron chi connectivity index (χ4n) is 3.02. The van der Waals surface area contributed by atoms with Gasteiger partial charge in [0.1, 0.15) is 0 Å². The van der Waals surface area contributed by atoms with Gasteiger partial charge in [0, 0.05) is 12.0 Å². The highest BCUT2D eigenvalue weighted by Crippen LogP contribution is 2.42. The summed E-state index contributed by atoms with van der Waals surface area (Å²) in [5.41, 5.74) is 11.4. The largest absolute Gasteiger partial charge is 0.417 e. The van der Waals surface area contributed by atoms with E-state index in [1.54, 1.807) is 0 Å². The van der Waals surface area contributed by atoms with E-state index in [9.17, 15) is 4.79 Å². The first-order valence-electron chi connectivity index (χ1n) is 6.68. The van der Waals surface area contributed by atoms with Crippen molar-refractivity contribution in [2.75, 3.05) is 0 Å². The van der Waals surface area contributed by atoms with Crippen molar-refractivity contribution < 1.29 is 4.42 Å². The molecule has 1 aliphatic carbocycles. The van der Waals surface area contributed by atoms with Gasteiger partial charge in [0.25, 0.3) is 0 Å². The average Bonchev–Trinajstić information content (AvgIpc) is 2.79. The van der Waals surface area contributed by atoms with E-state index in [-0.39, 0.29) is 6.04 Å². The number of aromatic nitrogens is 1. The molecular formula is C16H14N2O2. The number of nitrogens with one attached hydrogen (secondary N) is 1. The molecule has 3 aromatic rings. The van der Waals surface area contributed by atoms with Crippen molar-refractivity contribution in [3.05, 3.63) is 69.7 Å². The summed E-state index contributed by atoms with van der Waals surface area (Å²) in [6.07, 6.45) is 1.01. The maximum atomic E-state index is 11.2. The highest BCUT2D eigenvalue weighted by atomic mass is 16.4. The summed E-state index contributed by atoms with van der Waals surface area (Å²) in [5, 5.41) is 0. The highest BCUT2D eigenvalue weighted by molar-refractivity contribution is 5.73. The molecule has 4 heteroatoms. The SMILES string of the molecule is NC(c1ccc2[nH]c(=O)oc2c1)C1Cc2ccccc21. The van der Waals surface area contributed by atoms with Crippen molar-refractivity contribution in [2.24, 2.45) is 5.73 Å². The monoisotopic (exact) mass is 266 g/mol. The van der Waals surface area contributed by atoms with Gasteiger partial charge in [-0.1, -0.05) is 30.3 Å². The van der Waals surface area contributed by atoms with E-state index < -0.39 is 5.76 Å². The van der Waals surface area contributed by atoms with Crippen LogP contribution in [0, 0.1) is 0 Å². The first-order valence-corrected chi connectivity index (χ1v) is 6.68. The molecule has 2 atom stereocenters. The molecule has 0 fully saturated rings. The summed E-state index contributed by atoms with van der Waals surface area (Å²) < 4.78 is 5.09. The summed E-state index contributed by atoms with van der Waals surface area (Å²) >= 11 is 0. The van der Waals surface area contributed by atoms with Crippen LogP contribution >= 0.6 is 0 Å². The number of hydrogen-bond donors (Lipinski definition) is 2. The number of aromatic amines is 1. The normalized spacial score (nSPS) is 18.6. The first kappa shape index (κ1) is 11.5. The minimum Gasteiger partial charge on any atom is -0.408 e. The smallest absolute Gasteiger partial charge is 0.408 e. The second kappa shape index (κ2) is 4.08. The summed E-state index contributed by atoms with van der Waals surface area (Å²) in [6, 6.07) is 14.0. The van der Waals surface area contributed by atoms with Gasteiger partial charge in [-0.15, -0.1) is 0 Å². The minimum absolute atomic E-state index is 0.0745. The van der Waals surface area contributed by atoms with Crippen LogP contribution in [-0.2, 0) is 6.42 Å². The van der Waals surface area contributed by atoms with Crippen LogP contribution in [0.1, 0.15) is 28.7 Å². The van der Waals surface area contributed by atoms with E-state index in [4.69, 9.17) is 10.2 Å². The molecule has 4 rings (SSSR count). The zero-order valence-corrected chi connectivity index (χ0v) is 10.8. The third kappa shape index (κ3) is 1.62. The lowest BCUT2D eigenvalue weighted by molar-refractivity contribution is 0.499. The van der Waals surface area contributed by atoms with Crippen LogP contribution in [0.4, 0.5) is 0 Å². The Kier molecular flexibility index (Phi) is 2.35. The van der Waals surface area contributed by atoms with Gasteiger partial charge in [-0.2, -0.15) is 0 Å². The Balaban J connectivity index is 1.71. The predicted octanol–water partition coefficient (Wildman–Crippen LogP) is 2.46. The lowest BCUT2D eigenvalue weighted by Crippen LogP contribution is -2.28. The van der Waals surface area contributed by atoms with Crippen LogP contribution in [0.25, 0.3) is 11.1 Å². The Morgan fingerprint density at radius 2 is 2.10 bits per heavy atom. The first-order chi connectivity index (χ1) is 9.72. The summed E-state index contributed by atoms with van der Waals surface area (Å²) in [5.74, 6) is -0.0889. The molecular weight excluding hydrogens is 252 g/mol. The molecule has 0 saturated heterocycles. The molecule has 2 unspecified atom stereocenters. The van der Waals surface area contributed by atoms with Crippen LogP contribution in [0.5, 0.6) is 0 Å². The molecule has 0 radical (unpaired) electrons. The van der Waals surface area contributed by atoms with Crippen LogP contribution < -0.4 is 11.5 Å². The Hall–Kier alpha value is -2.33. The van der Waals surface area contributed by atoms with Crippen molar-refractivity contribution in [1.29, 1.82) is 0 Å². The molecule has 0 aliphatic heterocycles. The Bertz CT molecular complexity index is 847. The van der Waals surface area contributed by atoms with Crippen LogP contribution in [0.3, 0.4) is 0 Å². The number of benzene rings is 2. The van der Waals surface area contributed by atoms with Gasteiger partial charge in [0.15, 0.2) is 5.58 Å². The molecule has 3 N–H and O–H groups in total. The van der Waals surface area contributed by atoms with Gasteiger partial charge in [-0.25, -0.2) is 4.79 Å². The van der Waals surface area contributed by atoms with Crippen LogP contribution in [0.2, 0.25) is 0 Å². The Labute approximate surface area is 115 Å². The second-order valence-electron chi connectivity index (χ2n) is 5.31. The van der Waals surface area contributed by atoms with Gasteiger partial charge < -0.3 is 10.2 Å². The molecule has 0 amide bonds. The Morgan fingerprint density at radius 3 is 2.95 bits per heavy atom. The second-order valence-corrected chi connectivity index (χ2v) is 5.31. The molecule has 1 aromatic heterocycles. The van der Waals surface area contributed by atoms with Gasteiger partial charge in [0.2, 0.25) is 0 Å². The number of fused-ring (bicyclic) bond motifs is 2. The van der Waals surface area contributed by atoms with Crippen molar-refractivity contribution >= 4 is 11.1 Å². The lowest BCUT2D eigenvalue weighted by Gasteiger charge is -2.34. The fraction of sp³-hybridized carbons (Fsp3) is 0.188. The lowest BCUT2D eigenvalue weighted by atomic mass is 9.72. The Morgan fingerprint density at radius 1 is 1.25 bits per heavy atom. The topological polar surface area (TPSA) is 72.0 Å². The zero-order valence-electron chi connectivity index (χ0n) is 10.8. The third-order valence-electron chi connectivity index (χ3n) is 4.16.